The Kier molecular flexibility index (Phi) is 3.88. The topological polar surface area (TPSA) is 63.0 Å². The molecule has 2 aromatic rings. The summed E-state index contributed by atoms with van der Waals surface area (Å²) in [6.45, 7) is 3.91. The zero-order valence-corrected chi connectivity index (χ0v) is 10.1. The molecule has 0 saturated heterocycles. The zero-order valence-electron chi connectivity index (χ0n) is 10.1. The van der Waals surface area contributed by atoms with Gasteiger partial charge in [-0.05, 0) is 24.6 Å². The lowest BCUT2D eigenvalue weighted by molar-refractivity contribution is 0.431. The molecule has 0 spiro atoms. The summed E-state index contributed by atoms with van der Waals surface area (Å²) in [7, 11) is 0. The van der Waals surface area contributed by atoms with E-state index in [2.05, 4.69) is 15.5 Å². The second-order valence-corrected chi connectivity index (χ2v) is 3.92. The number of aromatic nitrogens is 3. The standard InChI is InChI=1S/C12H15FN4O/c1-2-17-8-15-16-12(17)7-14-6-9-3-4-11(18)10(13)5-9/h3-5,8,14,18H,2,6-7H2,1H3. The van der Waals surface area contributed by atoms with E-state index in [-0.39, 0.29) is 5.75 Å². The number of phenolic OH excluding ortho intramolecular Hbond substituents is 1. The largest absolute Gasteiger partial charge is 0.505 e. The molecule has 2 N–H and O–H groups in total. The van der Waals surface area contributed by atoms with Crippen molar-refractivity contribution in [3.8, 4) is 5.75 Å². The number of benzene rings is 1. The minimum absolute atomic E-state index is 0.329. The molecular formula is C12H15FN4O. The fourth-order valence-electron chi connectivity index (χ4n) is 1.66. The molecule has 0 unspecified atom stereocenters. The van der Waals surface area contributed by atoms with Gasteiger partial charge in [0, 0.05) is 13.1 Å². The van der Waals surface area contributed by atoms with Crippen molar-refractivity contribution in [2.75, 3.05) is 0 Å². The normalized spacial score (nSPS) is 10.8. The van der Waals surface area contributed by atoms with Crippen LogP contribution in [0.3, 0.4) is 0 Å². The molecule has 1 heterocycles. The highest BCUT2D eigenvalue weighted by molar-refractivity contribution is 5.27. The molecule has 0 radical (unpaired) electrons. The Labute approximate surface area is 104 Å². The lowest BCUT2D eigenvalue weighted by Crippen LogP contribution is -2.16. The number of phenols is 1. The Morgan fingerprint density at radius 1 is 1.39 bits per heavy atom. The predicted molar refractivity (Wildman–Crippen MR) is 64.3 cm³/mol. The summed E-state index contributed by atoms with van der Waals surface area (Å²) in [4.78, 5) is 0. The van der Waals surface area contributed by atoms with E-state index in [1.165, 1.54) is 12.1 Å². The second kappa shape index (κ2) is 5.59. The zero-order chi connectivity index (χ0) is 13.0. The molecule has 2 rings (SSSR count). The van der Waals surface area contributed by atoms with Crippen molar-refractivity contribution in [1.82, 2.24) is 20.1 Å². The summed E-state index contributed by atoms with van der Waals surface area (Å²) >= 11 is 0. The van der Waals surface area contributed by atoms with Crippen LogP contribution >= 0.6 is 0 Å². The summed E-state index contributed by atoms with van der Waals surface area (Å²) in [5, 5.41) is 20.0. The number of aryl methyl sites for hydroxylation is 1. The minimum Gasteiger partial charge on any atom is -0.505 e. The lowest BCUT2D eigenvalue weighted by atomic mass is 10.2. The van der Waals surface area contributed by atoms with E-state index in [4.69, 9.17) is 5.11 Å². The maximum atomic E-state index is 13.1. The van der Waals surface area contributed by atoms with Gasteiger partial charge in [0.2, 0.25) is 0 Å². The highest BCUT2D eigenvalue weighted by Gasteiger charge is 2.04. The van der Waals surface area contributed by atoms with Crippen LogP contribution in [0.25, 0.3) is 0 Å². The van der Waals surface area contributed by atoms with Crippen molar-refractivity contribution in [3.63, 3.8) is 0 Å². The van der Waals surface area contributed by atoms with Crippen LogP contribution in [-0.2, 0) is 19.6 Å². The molecule has 1 aromatic carbocycles. The Bertz CT molecular complexity index is 527. The smallest absolute Gasteiger partial charge is 0.165 e. The Morgan fingerprint density at radius 2 is 2.22 bits per heavy atom. The van der Waals surface area contributed by atoms with Crippen molar-refractivity contribution < 1.29 is 9.50 Å². The quantitative estimate of drug-likeness (QED) is 0.842. The summed E-state index contributed by atoms with van der Waals surface area (Å²) in [6, 6.07) is 4.34. The molecule has 18 heavy (non-hydrogen) atoms. The van der Waals surface area contributed by atoms with Gasteiger partial charge in [0.1, 0.15) is 12.2 Å². The number of halogens is 1. The van der Waals surface area contributed by atoms with Crippen LogP contribution in [0.2, 0.25) is 0 Å². The van der Waals surface area contributed by atoms with E-state index in [1.807, 2.05) is 11.5 Å². The van der Waals surface area contributed by atoms with Gasteiger partial charge >= 0.3 is 0 Å². The van der Waals surface area contributed by atoms with Gasteiger partial charge in [0.25, 0.3) is 0 Å². The van der Waals surface area contributed by atoms with E-state index in [9.17, 15) is 4.39 Å². The number of aromatic hydroxyl groups is 1. The van der Waals surface area contributed by atoms with E-state index in [0.717, 1.165) is 17.9 Å². The fourth-order valence-corrected chi connectivity index (χ4v) is 1.66. The molecule has 0 fully saturated rings. The molecule has 0 atom stereocenters. The maximum absolute atomic E-state index is 13.1. The van der Waals surface area contributed by atoms with Crippen LogP contribution in [0.4, 0.5) is 4.39 Å². The van der Waals surface area contributed by atoms with E-state index < -0.39 is 5.82 Å². The molecule has 0 bridgehead atoms. The first-order chi connectivity index (χ1) is 8.70. The van der Waals surface area contributed by atoms with Crippen LogP contribution in [-0.4, -0.2) is 19.9 Å². The number of hydrogen-bond donors (Lipinski definition) is 2. The third-order valence-corrected chi connectivity index (χ3v) is 2.66. The summed E-state index contributed by atoms with van der Waals surface area (Å²) in [5.41, 5.74) is 0.771. The van der Waals surface area contributed by atoms with Crippen LogP contribution in [0.5, 0.6) is 5.75 Å². The van der Waals surface area contributed by atoms with Gasteiger partial charge in [0.05, 0.1) is 6.54 Å². The Hall–Kier alpha value is -1.95. The van der Waals surface area contributed by atoms with Gasteiger partial charge in [-0.15, -0.1) is 10.2 Å². The molecule has 0 aliphatic heterocycles. The van der Waals surface area contributed by atoms with Crippen molar-refractivity contribution in [2.24, 2.45) is 0 Å². The number of rotatable bonds is 5. The predicted octanol–water partition coefficient (Wildman–Crippen LogP) is 1.43. The molecule has 1 aromatic heterocycles. The highest BCUT2D eigenvalue weighted by atomic mass is 19.1. The van der Waals surface area contributed by atoms with Crippen molar-refractivity contribution in [3.05, 3.63) is 41.7 Å². The SMILES string of the molecule is CCn1cnnc1CNCc1ccc(O)c(F)c1. The van der Waals surface area contributed by atoms with Gasteiger partial charge < -0.3 is 15.0 Å². The number of hydrogen-bond acceptors (Lipinski definition) is 4. The molecule has 0 aliphatic carbocycles. The first kappa shape index (κ1) is 12.5. The van der Waals surface area contributed by atoms with E-state index in [0.29, 0.717) is 13.1 Å². The van der Waals surface area contributed by atoms with Gasteiger partial charge in [-0.1, -0.05) is 6.07 Å². The monoisotopic (exact) mass is 250 g/mol. The average Bonchev–Trinajstić information content (AvgIpc) is 2.81. The molecule has 96 valence electrons. The van der Waals surface area contributed by atoms with Gasteiger partial charge in [-0.2, -0.15) is 0 Å². The molecule has 0 amide bonds. The Morgan fingerprint density at radius 3 is 2.94 bits per heavy atom. The van der Waals surface area contributed by atoms with Gasteiger partial charge in [-0.25, -0.2) is 4.39 Å². The lowest BCUT2D eigenvalue weighted by Gasteiger charge is -2.06. The Balaban J connectivity index is 1.90. The number of nitrogens with zero attached hydrogens (tertiary/aromatic N) is 3. The van der Waals surface area contributed by atoms with Crippen molar-refractivity contribution >= 4 is 0 Å². The van der Waals surface area contributed by atoms with Crippen LogP contribution in [0, 0.1) is 5.82 Å². The second-order valence-electron chi connectivity index (χ2n) is 3.92. The highest BCUT2D eigenvalue weighted by Crippen LogP contribution is 2.15. The maximum Gasteiger partial charge on any atom is 0.165 e. The molecule has 6 heteroatoms. The van der Waals surface area contributed by atoms with Gasteiger partial charge in [0.15, 0.2) is 11.6 Å². The summed E-state index contributed by atoms with van der Waals surface area (Å²) in [6.07, 6.45) is 1.68. The van der Waals surface area contributed by atoms with Gasteiger partial charge in [-0.3, -0.25) is 0 Å². The first-order valence-corrected chi connectivity index (χ1v) is 5.75. The molecule has 5 nitrogen and oxygen atoms in total. The fraction of sp³-hybridized carbons (Fsp3) is 0.333. The van der Waals surface area contributed by atoms with Crippen molar-refractivity contribution in [1.29, 1.82) is 0 Å². The van der Waals surface area contributed by atoms with Crippen LogP contribution < -0.4 is 5.32 Å². The summed E-state index contributed by atoms with van der Waals surface area (Å²) in [5.74, 6) is -0.0905. The third kappa shape index (κ3) is 2.84. The first-order valence-electron chi connectivity index (χ1n) is 5.75. The number of nitrogens with one attached hydrogen (secondary N) is 1. The van der Waals surface area contributed by atoms with E-state index in [1.54, 1.807) is 12.4 Å². The molecule has 0 saturated carbocycles. The summed E-state index contributed by atoms with van der Waals surface area (Å²) < 4.78 is 15.0. The third-order valence-electron chi connectivity index (χ3n) is 2.66. The van der Waals surface area contributed by atoms with Crippen LogP contribution in [0.1, 0.15) is 18.3 Å². The minimum atomic E-state index is -0.606. The molecular weight excluding hydrogens is 235 g/mol. The van der Waals surface area contributed by atoms with Crippen molar-refractivity contribution in [2.45, 2.75) is 26.6 Å². The molecule has 0 aliphatic rings. The van der Waals surface area contributed by atoms with Crippen LogP contribution in [0.15, 0.2) is 24.5 Å². The van der Waals surface area contributed by atoms with E-state index >= 15 is 0 Å². The average molecular weight is 250 g/mol.